The zero-order chi connectivity index (χ0) is 25.4. The minimum absolute atomic E-state index is 0. The van der Waals surface area contributed by atoms with Gasteiger partial charge in [0, 0.05) is 48.0 Å². The van der Waals surface area contributed by atoms with Crippen LogP contribution in [0.15, 0.2) is 95.0 Å². The van der Waals surface area contributed by atoms with Crippen molar-refractivity contribution in [2.75, 3.05) is 0 Å². The van der Waals surface area contributed by atoms with Crippen molar-refractivity contribution in [2.45, 2.75) is 20.8 Å². The predicted molar refractivity (Wildman–Crippen MR) is 154 cm³/mol. The van der Waals surface area contributed by atoms with Crippen molar-refractivity contribution in [3.05, 3.63) is 119 Å². The number of nitrogens with zero attached hydrogens (tertiary/aromatic N) is 2. The van der Waals surface area contributed by atoms with Gasteiger partial charge in [0.25, 0.3) is 0 Å². The van der Waals surface area contributed by atoms with E-state index < -0.39 is 0 Å². The van der Waals surface area contributed by atoms with Gasteiger partial charge in [0.2, 0.25) is 0 Å². The van der Waals surface area contributed by atoms with Crippen LogP contribution in [0, 0.1) is 32.9 Å². The van der Waals surface area contributed by atoms with Crippen molar-refractivity contribution < 1.29 is 24.5 Å². The average Bonchev–Trinajstić information content (AvgIpc) is 3.56. The summed E-state index contributed by atoms with van der Waals surface area (Å²) in [6, 6.07) is 30.9. The summed E-state index contributed by atoms with van der Waals surface area (Å²) in [5.74, 6) is 0. The fourth-order valence-corrected chi connectivity index (χ4v) is 5.21. The van der Waals surface area contributed by atoms with E-state index >= 15 is 0 Å². The van der Waals surface area contributed by atoms with Crippen LogP contribution in [-0.4, -0.2) is 9.97 Å². The van der Waals surface area contributed by atoms with Gasteiger partial charge in [-0.05, 0) is 66.9 Å². The van der Waals surface area contributed by atoms with Gasteiger partial charge in [0.05, 0.1) is 5.58 Å². The van der Waals surface area contributed by atoms with Gasteiger partial charge >= 0.3 is 0 Å². The summed E-state index contributed by atoms with van der Waals surface area (Å²) in [6.45, 7) is 6.21. The van der Waals surface area contributed by atoms with E-state index in [1.165, 1.54) is 32.2 Å². The normalized spacial score (nSPS) is 10.8. The molecular weight excluding hydrogens is 665 g/mol. The van der Waals surface area contributed by atoms with E-state index in [4.69, 9.17) is 4.42 Å². The zero-order valence-electron chi connectivity index (χ0n) is 21.2. The number of aryl methyl sites for hydroxylation is 3. The second-order valence-corrected chi connectivity index (χ2v) is 10.1. The van der Waals surface area contributed by atoms with Crippen LogP contribution < -0.4 is 0 Å². The van der Waals surface area contributed by atoms with Crippen LogP contribution in [0.5, 0.6) is 0 Å². The van der Waals surface area contributed by atoms with Gasteiger partial charge in [-0.25, -0.2) is 0 Å². The second-order valence-electron chi connectivity index (χ2n) is 9.12. The molecule has 0 aliphatic heterocycles. The fraction of sp³-hybridized carbons (Fsp3) is 0.0909. The van der Waals surface area contributed by atoms with E-state index in [9.17, 15) is 0 Å². The third kappa shape index (κ3) is 4.93. The molecule has 189 valence electrons. The summed E-state index contributed by atoms with van der Waals surface area (Å²) >= 11 is 1.76. The Hall–Kier alpha value is -3.63. The molecule has 3 nitrogen and oxygen atoms in total. The topological polar surface area (TPSA) is 38.9 Å². The molecule has 0 saturated carbocycles. The maximum absolute atomic E-state index is 6.22. The summed E-state index contributed by atoms with van der Waals surface area (Å²) in [6.07, 6.45) is 3.78. The number of benzene rings is 3. The molecule has 1 radical (unpaired) electrons. The monoisotopic (exact) mass is 689 g/mol. The van der Waals surface area contributed by atoms with Crippen LogP contribution in [0.4, 0.5) is 0 Å². The van der Waals surface area contributed by atoms with Gasteiger partial charge in [0.15, 0.2) is 0 Å². The maximum atomic E-state index is 6.22. The molecule has 7 rings (SSSR count). The van der Waals surface area contributed by atoms with Gasteiger partial charge in [-0.2, -0.15) is 0 Å². The van der Waals surface area contributed by atoms with Crippen molar-refractivity contribution in [1.82, 2.24) is 9.97 Å². The van der Waals surface area contributed by atoms with E-state index in [0.29, 0.717) is 0 Å². The number of furan rings is 1. The number of pyridine rings is 2. The number of fused-ring (bicyclic) bond motifs is 5. The molecule has 0 N–H and O–H groups in total. The summed E-state index contributed by atoms with van der Waals surface area (Å²) in [7, 11) is 0. The molecule has 0 amide bonds. The van der Waals surface area contributed by atoms with E-state index in [0.717, 1.165) is 39.1 Å². The number of rotatable bonds is 2. The Morgan fingerprint density at radius 2 is 1.63 bits per heavy atom. The minimum atomic E-state index is 0. The van der Waals surface area contributed by atoms with Crippen LogP contribution in [-0.2, 0) is 20.1 Å². The molecule has 0 fully saturated rings. The van der Waals surface area contributed by atoms with Crippen LogP contribution in [0.1, 0.15) is 16.7 Å². The summed E-state index contributed by atoms with van der Waals surface area (Å²) in [5.41, 5.74) is 9.23. The molecule has 0 unspecified atom stereocenters. The smallest absolute Gasteiger partial charge is 0.121 e. The van der Waals surface area contributed by atoms with E-state index in [1.807, 2.05) is 55.7 Å². The largest absolute Gasteiger partial charge is 0.501 e. The molecule has 0 aliphatic rings. The molecule has 0 saturated heterocycles. The average molecular weight is 689 g/mol. The molecule has 0 atom stereocenters. The second kappa shape index (κ2) is 11.0. The Kier molecular flexibility index (Phi) is 7.53. The van der Waals surface area contributed by atoms with Gasteiger partial charge in [-0.1, -0.05) is 34.7 Å². The fourth-order valence-electron chi connectivity index (χ4n) is 4.42. The van der Waals surface area contributed by atoms with Gasteiger partial charge < -0.3 is 14.4 Å². The minimum Gasteiger partial charge on any atom is -0.501 e. The van der Waals surface area contributed by atoms with E-state index in [2.05, 4.69) is 77.7 Å². The Morgan fingerprint density at radius 3 is 2.39 bits per heavy atom. The molecule has 38 heavy (non-hydrogen) atoms. The third-order valence-electron chi connectivity index (χ3n) is 6.55. The van der Waals surface area contributed by atoms with E-state index in [-0.39, 0.29) is 20.1 Å². The van der Waals surface area contributed by atoms with E-state index in [1.54, 1.807) is 11.3 Å². The molecule has 7 aromatic rings. The SMILES string of the molecule is Cc1ccc(-c2[c-]cccc2)nc1.Cc1cnc(-c2[c-]ccc3c2oc2ccc4sccc4c23)cc1C.[Ir]. The summed E-state index contributed by atoms with van der Waals surface area (Å²) < 4.78 is 7.50. The van der Waals surface area contributed by atoms with Crippen LogP contribution >= 0.6 is 11.3 Å². The summed E-state index contributed by atoms with van der Waals surface area (Å²) in [4.78, 5) is 8.91. The number of hydrogen-bond donors (Lipinski definition) is 0. The van der Waals surface area contributed by atoms with Crippen LogP contribution in [0.2, 0.25) is 0 Å². The van der Waals surface area contributed by atoms with Crippen molar-refractivity contribution in [1.29, 1.82) is 0 Å². The quantitative estimate of drug-likeness (QED) is 0.170. The molecule has 4 heterocycles. The van der Waals surface area contributed by atoms with Gasteiger partial charge in [-0.15, -0.1) is 65.4 Å². The molecule has 4 aromatic heterocycles. The molecule has 3 aromatic carbocycles. The maximum Gasteiger partial charge on any atom is 0.121 e. The van der Waals surface area contributed by atoms with Crippen LogP contribution in [0.3, 0.4) is 0 Å². The van der Waals surface area contributed by atoms with Gasteiger partial charge in [-0.3, -0.25) is 0 Å². The number of thiophene rings is 1. The third-order valence-corrected chi connectivity index (χ3v) is 7.43. The molecule has 5 heteroatoms. The standard InChI is InChI=1S/C21H14NOS.C12H10N.Ir/c1-12-10-17(22-11-13(12)2)14-4-3-5-16-20-15-8-9-24-19(15)7-6-18(20)23-21(14)16;1-10-7-8-12(13-9-10)11-5-3-2-4-6-11;/h3,5-11H,1-2H3;2-5,7-9H,1H3;/q2*-1;. The first-order valence-electron chi connectivity index (χ1n) is 12.1. The Bertz CT molecular complexity index is 1850. The molecule has 0 aliphatic carbocycles. The first-order valence-corrected chi connectivity index (χ1v) is 13.0. The predicted octanol–water partition coefficient (Wildman–Crippen LogP) is 9.13. The Labute approximate surface area is 239 Å². The summed E-state index contributed by atoms with van der Waals surface area (Å²) in [5, 5.41) is 5.69. The molecule has 0 spiro atoms. The zero-order valence-corrected chi connectivity index (χ0v) is 24.4. The van der Waals surface area contributed by atoms with Crippen molar-refractivity contribution in [2.24, 2.45) is 0 Å². The van der Waals surface area contributed by atoms with Crippen molar-refractivity contribution in [3.63, 3.8) is 0 Å². The molecular formula is C33H24IrN2OS-2. The van der Waals surface area contributed by atoms with Crippen molar-refractivity contribution >= 4 is 43.4 Å². The first-order chi connectivity index (χ1) is 18.1. The van der Waals surface area contributed by atoms with Crippen molar-refractivity contribution in [3.8, 4) is 22.5 Å². The van der Waals surface area contributed by atoms with Crippen LogP contribution in [0.25, 0.3) is 54.5 Å². The Balaban J connectivity index is 0.000000179. The number of hydrogen-bond acceptors (Lipinski definition) is 4. The number of aromatic nitrogens is 2. The van der Waals surface area contributed by atoms with Gasteiger partial charge in [0.1, 0.15) is 5.58 Å². The Morgan fingerprint density at radius 1 is 0.763 bits per heavy atom. The molecule has 0 bridgehead atoms. The first kappa shape index (κ1) is 26.0.